The molecule has 0 aliphatic rings. The third-order valence-corrected chi connectivity index (χ3v) is 5.65. The van der Waals surface area contributed by atoms with Gasteiger partial charge in [0, 0.05) is 18.7 Å². The Morgan fingerprint density at radius 3 is 2.58 bits per heavy atom. The summed E-state index contributed by atoms with van der Waals surface area (Å²) in [5.41, 5.74) is 0.0400. The molecule has 1 aromatic carbocycles. The van der Waals surface area contributed by atoms with Crippen LogP contribution in [0.1, 0.15) is 24.2 Å². The molecule has 0 aliphatic heterocycles. The maximum atomic E-state index is 12.5. The van der Waals surface area contributed by atoms with Gasteiger partial charge in [0.25, 0.3) is 5.91 Å². The van der Waals surface area contributed by atoms with Crippen LogP contribution in [0.2, 0.25) is 0 Å². The van der Waals surface area contributed by atoms with Crippen LogP contribution in [-0.2, 0) is 19.6 Å². The summed E-state index contributed by atoms with van der Waals surface area (Å²) < 4.78 is 31.3. The normalized spacial score (nSPS) is 12.8. The van der Waals surface area contributed by atoms with E-state index in [1.54, 1.807) is 13.8 Å². The van der Waals surface area contributed by atoms with Gasteiger partial charge in [-0.2, -0.15) is 4.31 Å². The number of carboxylic acids is 1. The van der Waals surface area contributed by atoms with Crippen LogP contribution in [0.5, 0.6) is 0 Å². The number of amides is 1. The molecule has 0 aliphatic carbocycles. The van der Waals surface area contributed by atoms with E-state index >= 15 is 0 Å². The quantitative estimate of drug-likeness (QED) is 0.461. The monoisotopic (exact) mass is 384 g/mol. The molecule has 1 amide bonds. The van der Waals surface area contributed by atoms with Gasteiger partial charge >= 0.3 is 5.97 Å². The third kappa shape index (κ3) is 5.65. The fourth-order valence-corrected chi connectivity index (χ4v) is 3.34. The van der Waals surface area contributed by atoms with Gasteiger partial charge in [-0.1, -0.05) is 12.1 Å². The van der Waals surface area contributed by atoms with E-state index in [1.807, 2.05) is 0 Å². The van der Waals surface area contributed by atoms with E-state index in [4.69, 9.17) is 9.84 Å². The summed E-state index contributed by atoms with van der Waals surface area (Å²) in [4.78, 5) is 23.5. The number of rotatable bonds is 10. The fourth-order valence-electron chi connectivity index (χ4n) is 1.93. The summed E-state index contributed by atoms with van der Waals surface area (Å²) in [7, 11) is -2.31. The Kier molecular flexibility index (Phi) is 7.94. The molecule has 0 radical (unpaired) electrons. The average Bonchev–Trinajstić information content (AvgIpc) is 2.59. The zero-order valence-corrected chi connectivity index (χ0v) is 15.8. The molecular formula is C17H24N2O6S. The Labute approximate surface area is 153 Å². The first-order chi connectivity index (χ1) is 12.1. The summed E-state index contributed by atoms with van der Waals surface area (Å²) in [6.45, 7) is 6.82. The molecule has 0 fully saturated rings. The number of hydrogen-bond donors (Lipinski definition) is 2. The number of nitrogens with zero attached hydrogens (tertiary/aromatic N) is 1. The number of ether oxygens (including phenoxy) is 1. The molecule has 0 bridgehead atoms. The lowest BCUT2D eigenvalue weighted by molar-refractivity contribution is -0.140. The van der Waals surface area contributed by atoms with Gasteiger partial charge in [0.2, 0.25) is 10.0 Å². The molecular weight excluding hydrogens is 360 g/mol. The van der Waals surface area contributed by atoms with Crippen molar-refractivity contribution in [2.24, 2.45) is 0 Å². The van der Waals surface area contributed by atoms with Crippen LogP contribution in [0.15, 0.2) is 41.8 Å². The lowest BCUT2D eigenvalue weighted by Crippen LogP contribution is -2.44. The van der Waals surface area contributed by atoms with Crippen LogP contribution in [0, 0.1) is 0 Å². The van der Waals surface area contributed by atoms with E-state index in [0.717, 1.165) is 0 Å². The third-order valence-electron chi connectivity index (χ3n) is 3.62. The van der Waals surface area contributed by atoms with Crippen LogP contribution in [-0.4, -0.2) is 62.1 Å². The second-order valence-corrected chi connectivity index (χ2v) is 7.83. The topological polar surface area (TPSA) is 113 Å². The van der Waals surface area contributed by atoms with E-state index in [0.29, 0.717) is 0 Å². The largest absolute Gasteiger partial charge is 0.480 e. The molecule has 144 valence electrons. The number of benzene rings is 1. The minimum absolute atomic E-state index is 0.0400. The van der Waals surface area contributed by atoms with E-state index < -0.39 is 27.9 Å². The number of sulfonamides is 1. The van der Waals surface area contributed by atoms with Crippen molar-refractivity contribution in [2.45, 2.75) is 30.8 Å². The summed E-state index contributed by atoms with van der Waals surface area (Å²) in [5.74, 6) is -1.96. The predicted octanol–water partition coefficient (Wildman–Crippen LogP) is 1.10. The molecule has 1 aromatic rings. The second-order valence-electron chi connectivity index (χ2n) is 5.83. The molecule has 0 saturated carbocycles. The highest BCUT2D eigenvalue weighted by molar-refractivity contribution is 7.89. The summed E-state index contributed by atoms with van der Waals surface area (Å²) in [6, 6.07) is 3.92. The number of carboxylic acid groups (broad SMARTS) is 1. The molecule has 0 spiro atoms. The van der Waals surface area contributed by atoms with Gasteiger partial charge in [-0.15, -0.1) is 6.58 Å². The summed E-state index contributed by atoms with van der Waals surface area (Å²) >= 11 is 0. The van der Waals surface area contributed by atoms with Crippen molar-refractivity contribution < 1.29 is 27.9 Å². The molecule has 8 nitrogen and oxygen atoms in total. The van der Waals surface area contributed by atoms with Crippen molar-refractivity contribution in [1.29, 1.82) is 0 Å². The van der Waals surface area contributed by atoms with E-state index in [9.17, 15) is 18.0 Å². The first-order valence-corrected chi connectivity index (χ1v) is 9.35. The van der Waals surface area contributed by atoms with Crippen molar-refractivity contribution in [3.05, 3.63) is 42.5 Å². The van der Waals surface area contributed by atoms with E-state index in [2.05, 4.69) is 11.9 Å². The van der Waals surface area contributed by atoms with E-state index in [-0.39, 0.29) is 29.7 Å². The van der Waals surface area contributed by atoms with Crippen molar-refractivity contribution in [2.75, 3.05) is 20.3 Å². The molecule has 26 heavy (non-hydrogen) atoms. The smallest absolute Gasteiger partial charge is 0.328 e. The predicted molar refractivity (Wildman–Crippen MR) is 96.4 cm³/mol. The van der Waals surface area contributed by atoms with Gasteiger partial charge in [0.05, 0.1) is 18.1 Å². The standard InChI is InChI=1S/C17H24N2O6S/c1-5-9-25-11-15(17(21)22)18-16(20)13-7-6-8-14(10-13)26(23,24)19(4)12(2)3/h5-8,10,12,15H,1,9,11H2,2-4H3,(H,18,20)(H,21,22). The fraction of sp³-hybridized carbons (Fsp3) is 0.412. The minimum Gasteiger partial charge on any atom is -0.480 e. The Bertz CT molecular complexity index is 760. The van der Waals surface area contributed by atoms with Crippen molar-refractivity contribution >= 4 is 21.9 Å². The maximum absolute atomic E-state index is 12.5. The molecule has 2 N–H and O–H groups in total. The van der Waals surface area contributed by atoms with E-state index in [1.165, 1.54) is 41.7 Å². The number of nitrogens with one attached hydrogen (secondary N) is 1. The lowest BCUT2D eigenvalue weighted by Gasteiger charge is -2.21. The zero-order chi connectivity index (χ0) is 19.9. The van der Waals surface area contributed by atoms with Gasteiger partial charge in [-0.05, 0) is 32.0 Å². The highest BCUT2D eigenvalue weighted by Crippen LogP contribution is 2.18. The zero-order valence-electron chi connectivity index (χ0n) is 15.0. The Morgan fingerprint density at radius 1 is 1.38 bits per heavy atom. The SMILES string of the molecule is C=CCOCC(NC(=O)c1cccc(S(=O)(=O)N(C)C(C)C)c1)C(=O)O. The second kappa shape index (κ2) is 9.46. The number of carbonyl (C=O) groups excluding carboxylic acids is 1. The van der Waals surface area contributed by atoms with Crippen LogP contribution >= 0.6 is 0 Å². The van der Waals surface area contributed by atoms with Gasteiger partial charge in [0.1, 0.15) is 0 Å². The first kappa shape index (κ1) is 21.8. The average molecular weight is 384 g/mol. The van der Waals surface area contributed by atoms with Crippen LogP contribution in [0.3, 0.4) is 0 Å². The Morgan fingerprint density at radius 2 is 2.04 bits per heavy atom. The molecule has 1 atom stereocenters. The van der Waals surface area contributed by atoms with Crippen molar-refractivity contribution in [3.8, 4) is 0 Å². The molecule has 1 unspecified atom stereocenters. The van der Waals surface area contributed by atoms with Crippen LogP contribution in [0.4, 0.5) is 0 Å². The molecule has 0 heterocycles. The van der Waals surface area contributed by atoms with Crippen molar-refractivity contribution in [1.82, 2.24) is 9.62 Å². The Hall–Kier alpha value is -2.23. The molecule has 1 rings (SSSR count). The number of carbonyl (C=O) groups is 2. The number of aliphatic carboxylic acids is 1. The number of hydrogen-bond acceptors (Lipinski definition) is 5. The first-order valence-electron chi connectivity index (χ1n) is 7.91. The summed E-state index contributed by atoms with van der Waals surface area (Å²) in [5, 5.41) is 11.5. The highest BCUT2D eigenvalue weighted by Gasteiger charge is 2.25. The van der Waals surface area contributed by atoms with Crippen LogP contribution < -0.4 is 5.32 Å². The van der Waals surface area contributed by atoms with Crippen molar-refractivity contribution in [3.63, 3.8) is 0 Å². The van der Waals surface area contributed by atoms with Gasteiger partial charge in [-0.25, -0.2) is 13.2 Å². The molecule has 9 heteroatoms. The molecule has 0 aromatic heterocycles. The minimum atomic E-state index is -3.76. The highest BCUT2D eigenvalue weighted by atomic mass is 32.2. The van der Waals surface area contributed by atoms with Crippen LogP contribution in [0.25, 0.3) is 0 Å². The van der Waals surface area contributed by atoms with Gasteiger partial charge in [0.15, 0.2) is 6.04 Å². The Balaban J connectivity index is 3.00. The van der Waals surface area contributed by atoms with Gasteiger partial charge in [-0.3, -0.25) is 4.79 Å². The molecule has 0 saturated heterocycles. The lowest BCUT2D eigenvalue weighted by atomic mass is 10.2. The maximum Gasteiger partial charge on any atom is 0.328 e. The van der Waals surface area contributed by atoms with Gasteiger partial charge < -0.3 is 15.2 Å². The summed E-state index contributed by atoms with van der Waals surface area (Å²) in [6.07, 6.45) is 1.46.